The molecule has 5 atom stereocenters. The number of carbonyl (C=O) groups excluding carboxylic acids is 1. The summed E-state index contributed by atoms with van der Waals surface area (Å²) >= 11 is 1.51. The minimum atomic E-state index is -1.21. The zero-order valence-electron chi connectivity index (χ0n) is 28.6. The number of rotatable bonds is 21. The Morgan fingerprint density at radius 3 is 2.48 bits per heavy atom. The van der Waals surface area contributed by atoms with Crippen molar-refractivity contribution >= 4 is 27.5 Å². The molecule has 2 aromatic rings. The summed E-state index contributed by atoms with van der Waals surface area (Å²) < 4.78 is 39.7. The number of benzene rings is 1. The Morgan fingerprint density at radius 2 is 1.81 bits per heavy atom. The van der Waals surface area contributed by atoms with E-state index in [1.54, 1.807) is 31.3 Å². The van der Waals surface area contributed by atoms with Crippen LogP contribution in [0.3, 0.4) is 0 Å². The van der Waals surface area contributed by atoms with Crippen molar-refractivity contribution in [1.82, 2.24) is 10.2 Å². The second-order valence-electron chi connectivity index (χ2n) is 11.9. The van der Waals surface area contributed by atoms with Gasteiger partial charge in [0.1, 0.15) is 24.6 Å². The van der Waals surface area contributed by atoms with Crippen molar-refractivity contribution in [3.63, 3.8) is 0 Å². The van der Waals surface area contributed by atoms with E-state index in [4.69, 9.17) is 38.9 Å². The molecule has 48 heavy (non-hydrogen) atoms. The molecule has 6 N–H and O–H groups in total. The van der Waals surface area contributed by atoms with Crippen molar-refractivity contribution in [3.05, 3.63) is 40.5 Å². The van der Waals surface area contributed by atoms with Gasteiger partial charge in [0, 0.05) is 59.9 Å². The van der Waals surface area contributed by atoms with Gasteiger partial charge in [0.15, 0.2) is 0 Å². The number of nitrogens with two attached hydrogens (primary N) is 1. The van der Waals surface area contributed by atoms with Crippen LogP contribution in [0.25, 0.3) is 10.1 Å². The van der Waals surface area contributed by atoms with Crippen LogP contribution >= 0.6 is 11.3 Å². The van der Waals surface area contributed by atoms with Crippen molar-refractivity contribution in [1.29, 1.82) is 0 Å². The molecule has 0 saturated carbocycles. The van der Waals surface area contributed by atoms with Crippen molar-refractivity contribution in [2.75, 3.05) is 67.0 Å². The fourth-order valence-corrected chi connectivity index (χ4v) is 5.87. The van der Waals surface area contributed by atoms with Gasteiger partial charge in [-0.15, -0.1) is 11.3 Å². The minimum Gasteiger partial charge on any atom is -0.464 e. The number of carbonyl (C=O) groups is 1. The SMILES string of the molecule is COCCOCCOCCOC/C(N)=C/NCc1cc2c(OC3CC(O)C(O)C(CO)O3)ccc(COC(=O)N(C)C(C)C(C)C)c2s1. The summed E-state index contributed by atoms with van der Waals surface area (Å²) in [6.07, 6.45) is -2.87. The molecule has 1 aromatic carbocycles. The van der Waals surface area contributed by atoms with Crippen LogP contribution in [0.15, 0.2) is 30.1 Å². The van der Waals surface area contributed by atoms with Crippen LogP contribution in [0, 0.1) is 5.92 Å². The Balaban J connectivity index is 1.63. The first-order chi connectivity index (χ1) is 23.0. The summed E-state index contributed by atoms with van der Waals surface area (Å²) in [4.78, 5) is 15.3. The number of nitrogens with one attached hydrogen (secondary N) is 1. The van der Waals surface area contributed by atoms with E-state index in [2.05, 4.69) is 5.32 Å². The van der Waals surface area contributed by atoms with Crippen molar-refractivity contribution in [2.45, 2.75) is 71.0 Å². The monoisotopic (exact) mass is 699 g/mol. The molecule has 1 amide bonds. The van der Waals surface area contributed by atoms with Crippen molar-refractivity contribution < 1.29 is 53.3 Å². The van der Waals surface area contributed by atoms with Gasteiger partial charge in [-0.05, 0) is 25.0 Å². The van der Waals surface area contributed by atoms with Gasteiger partial charge in [-0.2, -0.15) is 0 Å². The molecule has 1 aliphatic rings. The van der Waals surface area contributed by atoms with Crippen LogP contribution in [0.5, 0.6) is 5.75 Å². The summed E-state index contributed by atoms with van der Waals surface area (Å²) in [5, 5.41) is 34.0. The van der Waals surface area contributed by atoms with E-state index in [9.17, 15) is 20.1 Å². The van der Waals surface area contributed by atoms with Crippen LogP contribution < -0.4 is 15.8 Å². The standard InChI is InChI=1S/C33H53N3O11S/c1-21(2)22(3)36(4)33(40)45-19-23-6-7-28(46-30-15-27(38)31(39)29(18-37)47-30)26-14-25(48-32(23)26)17-35-16-24(34)20-44-13-12-43-11-10-42-9-8-41-5/h6-7,14,16,21-22,27,29-31,35,37-39H,8-13,15,17-20,34H2,1-5H3/b24-16-. The molecule has 14 nitrogen and oxygen atoms in total. The Labute approximate surface area is 286 Å². The highest BCUT2D eigenvalue weighted by molar-refractivity contribution is 7.19. The molecule has 1 aliphatic heterocycles. The third-order valence-corrected chi connectivity index (χ3v) is 9.18. The number of methoxy groups -OCH3 is 1. The lowest BCUT2D eigenvalue weighted by Gasteiger charge is -2.36. The van der Waals surface area contributed by atoms with Crippen molar-refractivity contribution in [2.24, 2.45) is 11.7 Å². The van der Waals surface area contributed by atoms with Gasteiger partial charge in [-0.25, -0.2) is 4.79 Å². The predicted octanol–water partition coefficient (Wildman–Crippen LogP) is 2.31. The zero-order valence-corrected chi connectivity index (χ0v) is 29.4. The molecule has 1 fully saturated rings. The molecule has 1 aromatic heterocycles. The summed E-state index contributed by atoms with van der Waals surface area (Å²) in [5.74, 6) is 0.765. The average Bonchev–Trinajstić information content (AvgIpc) is 3.50. The number of thiophene rings is 1. The fraction of sp³-hybridized carbons (Fsp3) is 0.667. The molecule has 1 saturated heterocycles. The lowest BCUT2D eigenvalue weighted by Crippen LogP contribution is -2.51. The Bertz CT molecular complexity index is 1280. The van der Waals surface area contributed by atoms with Crippen LogP contribution in [0.2, 0.25) is 0 Å². The van der Waals surface area contributed by atoms with E-state index in [0.29, 0.717) is 57.6 Å². The van der Waals surface area contributed by atoms with E-state index < -0.39 is 37.3 Å². The maximum absolute atomic E-state index is 12.8. The largest absolute Gasteiger partial charge is 0.464 e. The molecule has 272 valence electrons. The van der Waals surface area contributed by atoms with Crippen LogP contribution in [-0.2, 0) is 41.6 Å². The summed E-state index contributed by atoms with van der Waals surface area (Å²) in [6.45, 7) is 9.24. The van der Waals surface area contributed by atoms with Crippen molar-refractivity contribution in [3.8, 4) is 5.75 Å². The highest BCUT2D eigenvalue weighted by Gasteiger charge is 2.37. The number of amides is 1. The van der Waals surface area contributed by atoms with Crippen LogP contribution in [-0.4, -0.2) is 124 Å². The number of nitrogens with zero attached hydrogens (tertiary/aromatic N) is 1. The third kappa shape index (κ3) is 12.3. The molecule has 15 heteroatoms. The van der Waals surface area contributed by atoms with Gasteiger partial charge in [-0.3, -0.25) is 0 Å². The lowest BCUT2D eigenvalue weighted by molar-refractivity contribution is -0.229. The van der Waals surface area contributed by atoms with E-state index in [0.717, 1.165) is 20.5 Å². The van der Waals surface area contributed by atoms with Gasteiger partial charge in [0.25, 0.3) is 0 Å². The first kappa shape index (κ1) is 39.7. The predicted molar refractivity (Wildman–Crippen MR) is 181 cm³/mol. The Hall–Kier alpha value is -2.73. The first-order valence-corrected chi connectivity index (χ1v) is 17.0. The smallest absolute Gasteiger partial charge is 0.410 e. The van der Waals surface area contributed by atoms with E-state index in [-0.39, 0.29) is 31.6 Å². The maximum atomic E-state index is 12.8. The first-order valence-electron chi connectivity index (χ1n) is 16.2. The number of aliphatic hydroxyl groups is 3. The van der Waals surface area contributed by atoms with Crippen LogP contribution in [0.4, 0.5) is 4.79 Å². The second kappa shape index (κ2) is 20.7. The second-order valence-corrected chi connectivity index (χ2v) is 13.0. The molecule has 0 bridgehead atoms. The average molecular weight is 700 g/mol. The molecule has 2 heterocycles. The van der Waals surface area contributed by atoms with E-state index >= 15 is 0 Å². The van der Waals surface area contributed by atoms with Gasteiger partial charge in [0.2, 0.25) is 6.29 Å². The Morgan fingerprint density at radius 1 is 1.12 bits per heavy atom. The number of fused-ring (bicyclic) bond motifs is 1. The van der Waals surface area contributed by atoms with Crippen LogP contribution in [0.1, 0.15) is 37.6 Å². The third-order valence-electron chi connectivity index (χ3n) is 7.97. The highest BCUT2D eigenvalue weighted by Crippen LogP contribution is 2.37. The molecule has 0 spiro atoms. The number of hydrogen-bond acceptors (Lipinski definition) is 14. The summed E-state index contributed by atoms with van der Waals surface area (Å²) in [5.41, 5.74) is 7.43. The fourth-order valence-electron chi connectivity index (χ4n) is 4.74. The minimum absolute atomic E-state index is 0.00972. The topological polar surface area (TPSA) is 184 Å². The molecular weight excluding hydrogens is 646 g/mol. The van der Waals surface area contributed by atoms with Gasteiger partial charge in [0.05, 0.1) is 64.7 Å². The summed E-state index contributed by atoms with van der Waals surface area (Å²) in [7, 11) is 3.35. The molecular formula is C33H53N3O11S. The number of hydrogen-bond donors (Lipinski definition) is 5. The molecule has 5 unspecified atom stereocenters. The Kier molecular flexibility index (Phi) is 17.1. The number of aliphatic hydroxyl groups excluding tert-OH is 3. The van der Waals surface area contributed by atoms with Gasteiger partial charge < -0.3 is 64.4 Å². The van der Waals surface area contributed by atoms with Gasteiger partial charge in [-0.1, -0.05) is 19.9 Å². The zero-order chi connectivity index (χ0) is 35.1. The van der Waals surface area contributed by atoms with Gasteiger partial charge >= 0.3 is 6.09 Å². The quantitative estimate of drug-likeness (QED) is 0.120. The van der Waals surface area contributed by atoms with E-state index in [1.807, 2.05) is 32.9 Å². The molecule has 3 rings (SSSR count). The lowest BCUT2D eigenvalue weighted by atomic mass is 10.0. The summed E-state index contributed by atoms with van der Waals surface area (Å²) in [6, 6.07) is 5.57. The van der Waals surface area contributed by atoms with E-state index in [1.165, 1.54) is 11.3 Å². The maximum Gasteiger partial charge on any atom is 0.410 e. The number of ether oxygens (including phenoxy) is 7. The normalized spacial score (nSPS) is 20.6. The molecule has 0 aliphatic carbocycles. The highest BCUT2D eigenvalue weighted by atomic mass is 32.1. The molecule has 0 radical (unpaired) electrons.